The molecule has 0 aromatic rings. The highest BCUT2D eigenvalue weighted by Crippen LogP contribution is 2.08. The molecule has 0 unspecified atom stereocenters. The molecule has 0 aromatic heterocycles. The Morgan fingerprint density at radius 1 is 1.43 bits per heavy atom. The van der Waals surface area contributed by atoms with E-state index in [0.29, 0.717) is 6.61 Å². The maximum Gasteiger partial charge on any atom is 0.410 e. The van der Waals surface area contributed by atoms with Crippen LogP contribution in [-0.4, -0.2) is 57.9 Å². The molecule has 0 aliphatic carbocycles. The summed E-state index contributed by atoms with van der Waals surface area (Å²) < 4.78 is 31.4. The minimum atomic E-state index is -3.08. The maximum absolute atomic E-state index is 11.2. The molecule has 0 aromatic carbocycles. The highest BCUT2D eigenvalue weighted by molar-refractivity contribution is 7.91. The second-order valence-electron chi connectivity index (χ2n) is 2.95. The summed E-state index contributed by atoms with van der Waals surface area (Å²) in [6, 6.07) is 0. The van der Waals surface area contributed by atoms with Gasteiger partial charge in [-0.05, 0) is 0 Å². The molecule has 1 amide bonds. The lowest BCUT2D eigenvalue weighted by Gasteiger charge is -2.13. The van der Waals surface area contributed by atoms with Crippen molar-refractivity contribution in [1.82, 2.24) is 4.90 Å². The van der Waals surface area contributed by atoms with E-state index in [1.54, 1.807) is 0 Å². The molecule has 0 bridgehead atoms. The normalized spacial score (nSPS) is 19.6. The van der Waals surface area contributed by atoms with E-state index in [4.69, 9.17) is 4.74 Å². The number of nitrogens with zero attached hydrogens (tertiary/aromatic N) is 1. The van der Waals surface area contributed by atoms with Gasteiger partial charge < -0.3 is 9.47 Å². The monoisotopic (exact) mass is 223 g/mol. The standard InChI is InChI=1S/C7H13NO5S/c1-12-3-4-13-7(9)8-2-5-14(10,11)6-8/h2-6H2,1H3. The number of hydrogen-bond donors (Lipinski definition) is 0. The molecule has 0 atom stereocenters. The van der Waals surface area contributed by atoms with Gasteiger partial charge in [0.2, 0.25) is 0 Å². The van der Waals surface area contributed by atoms with Crippen LogP contribution in [0.25, 0.3) is 0 Å². The first-order valence-corrected chi connectivity index (χ1v) is 5.98. The molecule has 7 heteroatoms. The first-order valence-electron chi connectivity index (χ1n) is 4.16. The zero-order chi connectivity index (χ0) is 10.6. The van der Waals surface area contributed by atoms with Gasteiger partial charge in [0.05, 0.1) is 12.4 Å². The van der Waals surface area contributed by atoms with Crippen LogP contribution in [-0.2, 0) is 19.3 Å². The van der Waals surface area contributed by atoms with Crippen molar-refractivity contribution >= 4 is 15.9 Å². The van der Waals surface area contributed by atoms with Crippen LogP contribution < -0.4 is 0 Å². The number of ether oxygens (including phenoxy) is 2. The van der Waals surface area contributed by atoms with Gasteiger partial charge in [0.15, 0.2) is 9.84 Å². The molecular formula is C7H13NO5S. The largest absolute Gasteiger partial charge is 0.447 e. The average Bonchev–Trinajstić information content (AvgIpc) is 2.46. The summed E-state index contributed by atoms with van der Waals surface area (Å²) >= 11 is 0. The zero-order valence-electron chi connectivity index (χ0n) is 7.93. The molecule has 1 rings (SSSR count). The quantitative estimate of drug-likeness (QED) is 0.601. The molecule has 1 saturated heterocycles. The fourth-order valence-corrected chi connectivity index (χ4v) is 2.40. The molecule has 0 radical (unpaired) electrons. The van der Waals surface area contributed by atoms with Crippen molar-refractivity contribution in [3.63, 3.8) is 0 Å². The first kappa shape index (κ1) is 11.3. The van der Waals surface area contributed by atoms with Gasteiger partial charge in [0, 0.05) is 13.7 Å². The van der Waals surface area contributed by atoms with E-state index in [1.165, 1.54) is 12.0 Å². The van der Waals surface area contributed by atoms with Gasteiger partial charge in [0.25, 0.3) is 0 Å². The Labute approximate surface area is 82.7 Å². The Bertz CT molecular complexity index is 299. The lowest BCUT2D eigenvalue weighted by atomic mass is 10.6. The molecule has 0 spiro atoms. The van der Waals surface area contributed by atoms with Gasteiger partial charge in [-0.15, -0.1) is 0 Å². The van der Waals surface area contributed by atoms with Crippen LogP contribution in [0, 0.1) is 0 Å². The molecule has 1 heterocycles. The van der Waals surface area contributed by atoms with E-state index in [0.717, 1.165) is 0 Å². The van der Waals surface area contributed by atoms with Gasteiger partial charge in [-0.3, -0.25) is 4.90 Å². The fourth-order valence-electron chi connectivity index (χ4n) is 1.06. The third-order valence-electron chi connectivity index (χ3n) is 1.80. The average molecular weight is 223 g/mol. The zero-order valence-corrected chi connectivity index (χ0v) is 8.75. The molecule has 6 nitrogen and oxygen atoms in total. The van der Waals surface area contributed by atoms with Gasteiger partial charge in [-0.25, -0.2) is 13.2 Å². The van der Waals surface area contributed by atoms with Crippen molar-refractivity contribution in [2.75, 3.05) is 38.5 Å². The predicted molar refractivity (Wildman–Crippen MR) is 48.6 cm³/mol. The molecule has 1 aliphatic heterocycles. The second kappa shape index (κ2) is 4.61. The van der Waals surface area contributed by atoms with E-state index >= 15 is 0 Å². The third-order valence-corrected chi connectivity index (χ3v) is 3.31. The second-order valence-corrected chi connectivity index (χ2v) is 5.10. The third kappa shape index (κ3) is 3.15. The summed E-state index contributed by atoms with van der Waals surface area (Å²) in [7, 11) is -1.58. The Kier molecular flexibility index (Phi) is 3.70. The highest BCUT2D eigenvalue weighted by atomic mass is 32.2. The molecule has 0 N–H and O–H groups in total. The number of hydrogen-bond acceptors (Lipinski definition) is 5. The van der Waals surface area contributed by atoms with Crippen LogP contribution in [0.15, 0.2) is 0 Å². The van der Waals surface area contributed by atoms with E-state index in [9.17, 15) is 13.2 Å². The molecule has 82 valence electrons. The lowest BCUT2D eigenvalue weighted by Crippen LogP contribution is -2.30. The first-order chi connectivity index (χ1) is 6.55. The van der Waals surface area contributed by atoms with Crippen LogP contribution >= 0.6 is 0 Å². The van der Waals surface area contributed by atoms with E-state index < -0.39 is 15.9 Å². The van der Waals surface area contributed by atoms with Crippen molar-refractivity contribution < 1.29 is 22.7 Å². The SMILES string of the molecule is COCCOC(=O)N1CCS(=O)(=O)C1. The van der Waals surface area contributed by atoms with Crippen molar-refractivity contribution in [2.45, 2.75) is 0 Å². The van der Waals surface area contributed by atoms with Crippen molar-refractivity contribution in [3.8, 4) is 0 Å². The minimum absolute atomic E-state index is 0.0202. The molecule has 1 aliphatic rings. The Hall–Kier alpha value is -0.820. The van der Waals surface area contributed by atoms with E-state index in [-0.39, 0.29) is 24.8 Å². The summed E-state index contributed by atoms with van der Waals surface area (Å²) in [4.78, 5) is 12.4. The smallest absolute Gasteiger partial charge is 0.410 e. The van der Waals surface area contributed by atoms with Gasteiger partial charge in [-0.1, -0.05) is 0 Å². The molecule has 14 heavy (non-hydrogen) atoms. The summed E-state index contributed by atoms with van der Waals surface area (Å²) in [5, 5.41) is 0. The summed E-state index contributed by atoms with van der Waals surface area (Å²) in [5.41, 5.74) is 0. The van der Waals surface area contributed by atoms with Crippen molar-refractivity contribution in [2.24, 2.45) is 0 Å². The topological polar surface area (TPSA) is 72.9 Å². The Balaban J connectivity index is 2.33. The number of methoxy groups -OCH3 is 1. The van der Waals surface area contributed by atoms with Crippen LogP contribution in [0.2, 0.25) is 0 Å². The van der Waals surface area contributed by atoms with Crippen LogP contribution in [0.3, 0.4) is 0 Å². The van der Waals surface area contributed by atoms with Gasteiger partial charge in [0.1, 0.15) is 12.5 Å². The molecule has 0 saturated carbocycles. The predicted octanol–water partition coefficient (Wildman–Crippen LogP) is -0.543. The van der Waals surface area contributed by atoms with Gasteiger partial charge >= 0.3 is 6.09 Å². The Morgan fingerprint density at radius 3 is 2.64 bits per heavy atom. The number of rotatable bonds is 3. The molecular weight excluding hydrogens is 210 g/mol. The van der Waals surface area contributed by atoms with Crippen LogP contribution in [0.1, 0.15) is 0 Å². The maximum atomic E-state index is 11.2. The highest BCUT2D eigenvalue weighted by Gasteiger charge is 2.29. The van der Waals surface area contributed by atoms with Crippen molar-refractivity contribution in [3.05, 3.63) is 0 Å². The van der Waals surface area contributed by atoms with Crippen molar-refractivity contribution in [1.29, 1.82) is 0 Å². The van der Waals surface area contributed by atoms with E-state index in [1.807, 2.05) is 0 Å². The van der Waals surface area contributed by atoms with Crippen LogP contribution in [0.4, 0.5) is 4.79 Å². The number of sulfone groups is 1. The minimum Gasteiger partial charge on any atom is -0.447 e. The number of carbonyl (C=O) groups is 1. The molecule has 1 fully saturated rings. The van der Waals surface area contributed by atoms with Gasteiger partial charge in [-0.2, -0.15) is 0 Å². The lowest BCUT2D eigenvalue weighted by molar-refractivity contribution is 0.0781. The van der Waals surface area contributed by atoms with Crippen LogP contribution in [0.5, 0.6) is 0 Å². The summed E-state index contributed by atoms with van der Waals surface area (Å²) in [5.74, 6) is -0.217. The summed E-state index contributed by atoms with van der Waals surface area (Å²) in [6.07, 6.45) is -0.594. The Morgan fingerprint density at radius 2 is 2.14 bits per heavy atom. The fraction of sp³-hybridized carbons (Fsp3) is 0.857. The van der Waals surface area contributed by atoms with E-state index in [2.05, 4.69) is 4.74 Å². The number of amides is 1. The summed E-state index contributed by atoms with van der Waals surface area (Å²) in [6.45, 7) is 0.673. The number of carbonyl (C=O) groups excluding carboxylic acids is 1.